The molecule has 1 atom stereocenters. The Labute approximate surface area is 66.2 Å². The van der Waals surface area contributed by atoms with Gasteiger partial charge < -0.3 is 17.2 Å². The van der Waals surface area contributed by atoms with Gasteiger partial charge in [0.2, 0.25) is 0 Å². The normalized spacial score (nSPS) is 12.9. The van der Waals surface area contributed by atoms with Crippen LogP contribution in [-0.4, -0.2) is 6.54 Å². The van der Waals surface area contributed by atoms with Crippen molar-refractivity contribution in [2.45, 2.75) is 6.04 Å². The Morgan fingerprint density at radius 1 is 1.18 bits per heavy atom. The maximum atomic E-state index is 5.68. The summed E-state index contributed by atoms with van der Waals surface area (Å²) in [5.41, 5.74) is 18.3. The van der Waals surface area contributed by atoms with Crippen LogP contribution >= 0.6 is 0 Å². The molecule has 1 aromatic rings. The zero-order chi connectivity index (χ0) is 8.27. The molecule has 0 amide bonds. The average Bonchev–Trinajstić information content (AvgIpc) is 2.05. The molecule has 0 saturated carbocycles. The van der Waals surface area contributed by atoms with Crippen molar-refractivity contribution in [2.75, 3.05) is 12.3 Å². The van der Waals surface area contributed by atoms with Gasteiger partial charge in [-0.1, -0.05) is 12.1 Å². The first kappa shape index (κ1) is 8.04. The van der Waals surface area contributed by atoms with Crippen LogP contribution in [0, 0.1) is 0 Å². The van der Waals surface area contributed by atoms with E-state index in [2.05, 4.69) is 0 Å². The Kier molecular flexibility index (Phi) is 2.46. The molecule has 0 fully saturated rings. The first-order chi connectivity index (χ1) is 5.24. The molecule has 6 N–H and O–H groups in total. The van der Waals surface area contributed by atoms with Crippen LogP contribution in [0.3, 0.4) is 0 Å². The standard InChI is InChI=1S/C8H13N3/c9-5-8(11)6-1-3-7(10)4-2-6/h1-4,8H,5,9-11H2. The third-order valence-electron chi connectivity index (χ3n) is 1.62. The van der Waals surface area contributed by atoms with E-state index in [0.717, 1.165) is 11.3 Å². The SMILES string of the molecule is NCC(N)c1ccc(N)cc1. The molecule has 0 heterocycles. The maximum Gasteiger partial charge on any atom is 0.0419 e. The summed E-state index contributed by atoms with van der Waals surface area (Å²) in [6.07, 6.45) is 0. The molecular weight excluding hydrogens is 138 g/mol. The van der Waals surface area contributed by atoms with Crippen molar-refractivity contribution >= 4 is 5.69 Å². The number of rotatable bonds is 2. The number of nitrogen functional groups attached to an aromatic ring is 1. The second kappa shape index (κ2) is 3.37. The number of benzene rings is 1. The molecule has 0 saturated heterocycles. The van der Waals surface area contributed by atoms with E-state index in [9.17, 15) is 0 Å². The van der Waals surface area contributed by atoms with Crippen molar-refractivity contribution < 1.29 is 0 Å². The van der Waals surface area contributed by atoms with E-state index in [1.807, 2.05) is 24.3 Å². The van der Waals surface area contributed by atoms with Crippen molar-refractivity contribution in [3.05, 3.63) is 29.8 Å². The highest BCUT2D eigenvalue weighted by Gasteiger charge is 2.00. The zero-order valence-corrected chi connectivity index (χ0v) is 6.33. The van der Waals surface area contributed by atoms with Crippen LogP contribution in [0.5, 0.6) is 0 Å². The van der Waals surface area contributed by atoms with Crippen molar-refractivity contribution in [3.63, 3.8) is 0 Å². The van der Waals surface area contributed by atoms with E-state index in [1.54, 1.807) is 0 Å². The quantitative estimate of drug-likeness (QED) is 0.529. The minimum atomic E-state index is -0.0735. The summed E-state index contributed by atoms with van der Waals surface area (Å²) in [6.45, 7) is 0.462. The third kappa shape index (κ3) is 1.93. The molecule has 0 bridgehead atoms. The van der Waals surface area contributed by atoms with Crippen molar-refractivity contribution in [3.8, 4) is 0 Å². The molecule has 11 heavy (non-hydrogen) atoms. The van der Waals surface area contributed by atoms with Crippen LogP contribution in [0.15, 0.2) is 24.3 Å². The fraction of sp³-hybridized carbons (Fsp3) is 0.250. The Balaban J connectivity index is 2.81. The number of anilines is 1. The van der Waals surface area contributed by atoms with Gasteiger partial charge in [-0.3, -0.25) is 0 Å². The molecule has 0 aliphatic rings. The summed E-state index contributed by atoms with van der Waals surface area (Å²) < 4.78 is 0. The summed E-state index contributed by atoms with van der Waals surface area (Å²) >= 11 is 0. The first-order valence-electron chi connectivity index (χ1n) is 3.55. The van der Waals surface area contributed by atoms with Crippen LogP contribution in [0.4, 0.5) is 5.69 Å². The second-order valence-electron chi connectivity index (χ2n) is 2.51. The largest absolute Gasteiger partial charge is 0.399 e. The average molecular weight is 151 g/mol. The fourth-order valence-electron chi connectivity index (χ4n) is 0.879. The Bertz CT molecular complexity index is 217. The van der Waals surface area contributed by atoms with Crippen LogP contribution in [0.2, 0.25) is 0 Å². The van der Waals surface area contributed by atoms with Crippen molar-refractivity contribution in [2.24, 2.45) is 11.5 Å². The predicted octanol–water partition coefficient (Wildman–Crippen LogP) is 0.227. The molecule has 0 aromatic heterocycles. The molecule has 1 rings (SSSR count). The van der Waals surface area contributed by atoms with Crippen LogP contribution in [0.1, 0.15) is 11.6 Å². The van der Waals surface area contributed by atoms with E-state index in [4.69, 9.17) is 17.2 Å². The van der Waals surface area contributed by atoms with Gasteiger partial charge in [0.1, 0.15) is 0 Å². The van der Waals surface area contributed by atoms with Gasteiger partial charge in [-0.05, 0) is 17.7 Å². The first-order valence-corrected chi connectivity index (χ1v) is 3.55. The van der Waals surface area contributed by atoms with E-state index in [0.29, 0.717) is 6.54 Å². The lowest BCUT2D eigenvalue weighted by atomic mass is 10.1. The van der Waals surface area contributed by atoms with Gasteiger partial charge in [-0.15, -0.1) is 0 Å². The highest BCUT2D eigenvalue weighted by atomic mass is 14.7. The molecular formula is C8H13N3. The van der Waals surface area contributed by atoms with Gasteiger partial charge in [0.25, 0.3) is 0 Å². The Hall–Kier alpha value is -1.06. The summed E-state index contributed by atoms with van der Waals surface area (Å²) in [5.74, 6) is 0. The monoisotopic (exact) mass is 151 g/mol. The lowest BCUT2D eigenvalue weighted by Crippen LogP contribution is -2.20. The lowest BCUT2D eigenvalue weighted by Gasteiger charge is -2.08. The highest BCUT2D eigenvalue weighted by Crippen LogP contribution is 2.10. The predicted molar refractivity (Wildman–Crippen MR) is 46.8 cm³/mol. The second-order valence-corrected chi connectivity index (χ2v) is 2.51. The van der Waals surface area contributed by atoms with Gasteiger partial charge >= 0.3 is 0 Å². The van der Waals surface area contributed by atoms with E-state index in [-0.39, 0.29) is 6.04 Å². The minimum Gasteiger partial charge on any atom is -0.399 e. The minimum absolute atomic E-state index is 0.0735. The van der Waals surface area contributed by atoms with Gasteiger partial charge in [0.15, 0.2) is 0 Å². The van der Waals surface area contributed by atoms with E-state index < -0.39 is 0 Å². The van der Waals surface area contributed by atoms with Gasteiger partial charge in [0, 0.05) is 18.3 Å². The third-order valence-corrected chi connectivity index (χ3v) is 1.62. The smallest absolute Gasteiger partial charge is 0.0419 e. The molecule has 3 nitrogen and oxygen atoms in total. The fourth-order valence-corrected chi connectivity index (χ4v) is 0.879. The van der Waals surface area contributed by atoms with Crippen molar-refractivity contribution in [1.82, 2.24) is 0 Å². The van der Waals surface area contributed by atoms with Gasteiger partial charge in [0.05, 0.1) is 0 Å². The molecule has 1 aromatic carbocycles. The molecule has 0 radical (unpaired) electrons. The van der Waals surface area contributed by atoms with Crippen LogP contribution < -0.4 is 17.2 Å². The highest BCUT2D eigenvalue weighted by molar-refractivity contribution is 5.40. The molecule has 60 valence electrons. The zero-order valence-electron chi connectivity index (χ0n) is 6.33. The maximum absolute atomic E-state index is 5.68. The summed E-state index contributed by atoms with van der Waals surface area (Å²) in [6, 6.07) is 7.37. The van der Waals surface area contributed by atoms with E-state index in [1.165, 1.54) is 0 Å². The Morgan fingerprint density at radius 3 is 2.18 bits per heavy atom. The van der Waals surface area contributed by atoms with E-state index >= 15 is 0 Å². The summed E-state index contributed by atoms with van der Waals surface area (Å²) in [5, 5.41) is 0. The number of hydrogen-bond acceptors (Lipinski definition) is 3. The Morgan fingerprint density at radius 2 is 1.73 bits per heavy atom. The summed E-state index contributed by atoms with van der Waals surface area (Å²) in [7, 11) is 0. The number of nitrogens with two attached hydrogens (primary N) is 3. The van der Waals surface area contributed by atoms with Crippen LogP contribution in [-0.2, 0) is 0 Å². The van der Waals surface area contributed by atoms with Gasteiger partial charge in [-0.25, -0.2) is 0 Å². The molecule has 0 aliphatic carbocycles. The lowest BCUT2D eigenvalue weighted by molar-refractivity contribution is 0.737. The molecule has 1 unspecified atom stereocenters. The van der Waals surface area contributed by atoms with Gasteiger partial charge in [-0.2, -0.15) is 0 Å². The molecule has 0 aliphatic heterocycles. The van der Waals surface area contributed by atoms with Crippen LogP contribution in [0.25, 0.3) is 0 Å². The molecule has 3 heteroatoms. The number of hydrogen-bond donors (Lipinski definition) is 3. The van der Waals surface area contributed by atoms with Crippen molar-refractivity contribution in [1.29, 1.82) is 0 Å². The summed E-state index contributed by atoms with van der Waals surface area (Å²) in [4.78, 5) is 0. The topological polar surface area (TPSA) is 78.1 Å². The molecule has 0 spiro atoms.